The van der Waals surface area contributed by atoms with Gasteiger partial charge in [-0.15, -0.1) is 0 Å². The van der Waals surface area contributed by atoms with E-state index in [2.05, 4.69) is 21.2 Å². The number of aromatic amines is 1. The summed E-state index contributed by atoms with van der Waals surface area (Å²) in [4.78, 5) is 14.1. The molecule has 1 aliphatic rings. The van der Waals surface area contributed by atoms with Crippen LogP contribution in [0, 0.1) is 0 Å². The molecule has 4 rings (SSSR count). The molecule has 1 fully saturated rings. The first-order chi connectivity index (χ1) is 15.5. The fourth-order valence-electron chi connectivity index (χ4n) is 4.39. The zero-order chi connectivity index (χ0) is 22.5. The number of likely N-dealkylation sites (tertiary alicyclic amines) is 1. The lowest BCUT2D eigenvalue weighted by atomic mass is 9.91. The van der Waals surface area contributed by atoms with E-state index in [1.165, 1.54) is 11.1 Å². The molecular weight excluding hydrogens is 426 g/mol. The van der Waals surface area contributed by atoms with Gasteiger partial charge in [0.1, 0.15) is 0 Å². The highest BCUT2D eigenvalue weighted by atomic mass is 35.5. The first-order valence-electron chi connectivity index (χ1n) is 11.2. The Kier molecular flexibility index (Phi) is 7.33. The Labute approximate surface area is 193 Å². The number of Topliss-reactive ketones (excluding diaryl/α,β-unsaturated/α-hetero) is 1. The fourth-order valence-corrected chi connectivity index (χ4v) is 4.55. The Bertz CT molecular complexity index is 1070. The summed E-state index contributed by atoms with van der Waals surface area (Å²) >= 11 is 6.08. The number of fused-ring (bicyclic) bond motifs is 1. The summed E-state index contributed by atoms with van der Waals surface area (Å²) in [5, 5.41) is 9.59. The summed E-state index contributed by atoms with van der Waals surface area (Å²) in [6.45, 7) is 5.45. The number of nitrogens with zero attached hydrogens (tertiary/aromatic N) is 2. The van der Waals surface area contributed by atoms with Gasteiger partial charge < -0.3 is 14.4 Å². The number of H-pyrrole nitrogens is 1. The number of methoxy groups -OCH3 is 1. The molecule has 0 unspecified atom stereocenters. The van der Waals surface area contributed by atoms with Crippen LogP contribution in [0.5, 0.6) is 11.5 Å². The number of halogens is 1. The van der Waals surface area contributed by atoms with Gasteiger partial charge in [0.15, 0.2) is 17.3 Å². The Morgan fingerprint density at radius 3 is 2.72 bits per heavy atom. The number of carbonyl (C=O) groups is 1. The van der Waals surface area contributed by atoms with Crippen LogP contribution in [0.3, 0.4) is 0 Å². The molecule has 3 aromatic rings. The molecule has 0 radical (unpaired) electrons. The Morgan fingerprint density at radius 2 is 1.97 bits per heavy atom. The van der Waals surface area contributed by atoms with Gasteiger partial charge in [-0.3, -0.25) is 9.89 Å². The molecule has 170 valence electrons. The largest absolute Gasteiger partial charge is 0.493 e. The maximum Gasteiger partial charge on any atom is 0.161 e. The zero-order valence-electron chi connectivity index (χ0n) is 18.7. The van der Waals surface area contributed by atoms with E-state index in [0.717, 1.165) is 55.9 Å². The van der Waals surface area contributed by atoms with E-state index in [0.29, 0.717) is 29.6 Å². The number of ether oxygens (including phenoxy) is 2. The molecule has 1 aliphatic heterocycles. The number of carbonyl (C=O) groups excluding carboxylic acids is 1. The van der Waals surface area contributed by atoms with Crippen LogP contribution in [-0.2, 0) is 0 Å². The molecule has 2 aromatic carbocycles. The number of rotatable bonds is 9. The van der Waals surface area contributed by atoms with Crippen LogP contribution in [0.4, 0.5) is 0 Å². The van der Waals surface area contributed by atoms with Crippen LogP contribution in [0.15, 0.2) is 36.4 Å². The van der Waals surface area contributed by atoms with Gasteiger partial charge in [0.25, 0.3) is 0 Å². The van der Waals surface area contributed by atoms with E-state index in [1.54, 1.807) is 26.2 Å². The number of aromatic nitrogens is 2. The summed E-state index contributed by atoms with van der Waals surface area (Å²) < 4.78 is 11.3. The van der Waals surface area contributed by atoms with Gasteiger partial charge in [-0.25, -0.2) is 0 Å². The van der Waals surface area contributed by atoms with Crippen molar-refractivity contribution in [1.29, 1.82) is 0 Å². The van der Waals surface area contributed by atoms with Crippen LogP contribution < -0.4 is 9.47 Å². The minimum absolute atomic E-state index is 0.0173. The summed E-state index contributed by atoms with van der Waals surface area (Å²) in [7, 11) is 1.59. The third-order valence-electron chi connectivity index (χ3n) is 6.24. The van der Waals surface area contributed by atoms with Crippen molar-refractivity contribution in [2.75, 3.05) is 33.4 Å². The molecule has 7 heteroatoms. The Balaban J connectivity index is 1.19. The molecular formula is C25H30ClN3O3. The second-order valence-corrected chi connectivity index (χ2v) is 8.83. The highest BCUT2D eigenvalue weighted by molar-refractivity contribution is 6.31. The average molecular weight is 456 g/mol. The van der Waals surface area contributed by atoms with Gasteiger partial charge in [-0.05, 0) is 88.6 Å². The molecule has 1 N–H and O–H groups in total. The van der Waals surface area contributed by atoms with Crippen molar-refractivity contribution in [3.8, 4) is 11.5 Å². The zero-order valence-corrected chi connectivity index (χ0v) is 19.5. The van der Waals surface area contributed by atoms with E-state index in [9.17, 15) is 4.79 Å². The van der Waals surface area contributed by atoms with Crippen molar-refractivity contribution in [3.05, 3.63) is 52.7 Å². The number of hydrogen-bond acceptors (Lipinski definition) is 5. The number of nitrogens with one attached hydrogen (secondary N) is 1. The van der Waals surface area contributed by atoms with E-state index in [4.69, 9.17) is 21.1 Å². The Hall–Kier alpha value is -2.57. The maximum atomic E-state index is 11.5. The molecule has 0 atom stereocenters. The van der Waals surface area contributed by atoms with Gasteiger partial charge in [0, 0.05) is 27.6 Å². The maximum absolute atomic E-state index is 11.5. The number of piperidine rings is 1. The van der Waals surface area contributed by atoms with Crippen molar-refractivity contribution < 1.29 is 14.3 Å². The normalized spacial score (nSPS) is 15.2. The van der Waals surface area contributed by atoms with E-state index in [1.807, 2.05) is 18.2 Å². The van der Waals surface area contributed by atoms with Crippen molar-refractivity contribution in [1.82, 2.24) is 15.1 Å². The van der Waals surface area contributed by atoms with Crippen LogP contribution in [0.25, 0.3) is 10.9 Å². The predicted molar refractivity (Wildman–Crippen MR) is 127 cm³/mol. The van der Waals surface area contributed by atoms with Crippen LogP contribution in [0.1, 0.15) is 54.6 Å². The molecule has 2 heterocycles. The fraction of sp³-hybridized carbons (Fsp3) is 0.440. The molecule has 1 aromatic heterocycles. The molecule has 1 saturated heterocycles. The van der Waals surface area contributed by atoms with Crippen molar-refractivity contribution in [3.63, 3.8) is 0 Å². The molecule has 0 amide bonds. The van der Waals surface area contributed by atoms with E-state index in [-0.39, 0.29) is 5.78 Å². The number of ketones is 1. The summed E-state index contributed by atoms with van der Waals surface area (Å²) in [6.07, 6.45) is 4.33. The molecule has 0 aliphatic carbocycles. The van der Waals surface area contributed by atoms with Gasteiger partial charge in [-0.2, -0.15) is 5.10 Å². The summed E-state index contributed by atoms with van der Waals surface area (Å²) in [5.74, 6) is 1.83. The van der Waals surface area contributed by atoms with Gasteiger partial charge in [0.05, 0.1) is 19.2 Å². The van der Waals surface area contributed by atoms with Gasteiger partial charge in [0.2, 0.25) is 0 Å². The summed E-state index contributed by atoms with van der Waals surface area (Å²) in [5.41, 5.74) is 2.82. The highest BCUT2D eigenvalue weighted by Crippen LogP contribution is 2.32. The molecule has 32 heavy (non-hydrogen) atoms. The van der Waals surface area contributed by atoms with E-state index < -0.39 is 0 Å². The lowest BCUT2D eigenvalue weighted by Crippen LogP contribution is -2.34. The quantitative estimate of drug-likeness (QED) is 0.342. The first kappa shape index (κ1) is 22.6. The molecule has 0 bridgehead atoms. The lowest BCUT2D eigenvalue weighted by Gasteiger charge is -2.31. The standard InChI is InChI=1S/C25H30ClN3O3/c1-17(30)19-5-8-23(24(15-19)31-2)32-14-4-3-11-29-12-9-18(10-13-29)25-21-7-6-20(26)16-22(21)27-28-25/h5-8,15-16,18H,3-4,9-14H2,1-2H3,(H,27,28). The minimum Gasteiger partial charge on any atom is -0.493 e. The highest BCUT2D eigenvalue weighted by Gasteiger charge is 2.23. The van der Waals surface area contributed by atoms with E-state index >= 15 is 0 Å². The first-order valence-corrected chi connectivity index (χ1v) is 11.6. The van der Waals surface area contributed by atoms with Gasteiger partial charge in [-0.1, -0.05) is 11.6 Å². The predicted octanol–water partition coefficient (Wildman–Crippen LogP) is 5.47. The second-order valence-electron chi connectivity index (χ2n) is 8.39. The minimum atomic E-state index is 0.0173. The van der Waals surface area contributed by atoms with Crippen LogP contribution >= 0.6 is 11.6 Å². The number of unbranched alkanes of at least 4 members (excludes halogenated alkanes) is 1. The molecule has 6 nitrogen and oxygen atoms in total. The van der Waals surface area contributed by atoms with Crippen LogP contribution in [0.2, 0.25) is 5.02 Å². The third-order valence-corrected chi connectivity index (χ3v) is 6.47. The SMILES string of the molecule is COc1cc(C(C)=O)ccc1OCCCCN1CCC(c2[nH]nc3cc(Cl)ccc23)CC1. The Morgan fingerprint density at radius 1 is 1.16 bits per heavy atom. The van der Waals surface area contributed by atoms with Crippen molar-refractivity contribution >= 4 is 28.3 Å². The van der Waals surface area contributed by atoms with Crippen LogP contribution in [-0.4, -0.2) is 54.2 Å². The smallest absolute Gasteiger partial charge is 0.161 e. The number of benzene rings is 2. The molecule has 0 spiro atoms. The monoisotopic (exact) mass is 455 g/mol. The van der Waals surface area contributed by atoms with Crippen molar-refractivity contribution in [2.24, 2.45) is 0 Å². The third kappa shape index (κ3) is 5.25. The topological polar surface area (TPSA) is 67.5 Å². The average Bonchev–Trinajstić information content (AvgIpc) is 3.22. The van der Waals surface area contributed by atoms with Crippen molar-refractivity contribution in [2.45, 2.75) is 38.5 Å². The van der Waals surface area contributed by atoms with Gasteiger partial charge >= 0.3 is 0 Å². The number of hydrogen-bond donors (Lipinski definition) is 1. The summed E-state index contributed by atoms with van der Waals surface area (Å²) in [6, 6.07) is 11.3. The molecule has 0 saturated carbocycles. The second kappa shape index (κ2) is 10.4. The lowest BCUT2D eigenvalue weighted by molar-refractivity contribution is 0.101.